The van der Waals surface area contributed by atoms with E-state index in [4.69, 9.17) is 0 Å². The van der Waals surface area contributed by atoms with Gasteiger partial charge < -0.3 is 5.32 Å². The molecule has 1 aromatic heterocycles. The Hall–Kier alpha value is -2.93. The molecule has 4 rings (SSSR count). The molecule has 0 saturated heterocycles. The summed E-state index contributed by atoms with van der Waals surface area (Å²) in [7, 11) is 0. The number of benzene rings is 2. The molecule has 7 heteroatoms. The maximum absolute atomic E-state index is 12.7. The molecule has 2 N–H and O–H groups in total. The number of carbonyl (C=O) groups is 1. The smallest absolute Gasteiger partial charge is 0.269 e. The third kappa shape index (κ3) is 3.71. The van der Waals surface area contributed by atoms with Crippen molar-refractivity contribution in [2.24, 2.45) is 0 Å². The van der Waals surface area contributed by atoms with Gasteiger partial charge in [-0.2, -0.15) is 0 Å². The molecule has 1 aliphatic rings. The average Bonchev–Trinajstić information content (AvgIpc) is 3.49. The van der Waals surface area contributed by atoms with Gasteiger partial charge in [-0.3, -0.25) is 19.5 Å². The van der Waals surface area contributed by atoms with Gasteiger partial charge in [0.15, 0.2) is 0 Å². The zero-order chi connectivity index (χ0) is 19.7. The molecular weight excluding hydrogens is 422 g/mol. The molecule has 0 aliphatic heterocycles. The predicted octanol–water partition coefficient (Wildman–Crippen LogP) is 2.75. The number of aromatic nitrogens is 2. The quantitative estimate of drug-likeness (QED) is 0.640. The Balaban J connectivity index is 1.52. The Morgan fingerprint density at radius 1 is 1.07 bits per heavy atom. The second-order valence-electron chi connectivity index (χ2n) is 7.01. The van der Waals surface area contributed by atoms with Crippen LogP contribution in [0.4, 0.5) is 0 Å². The van der Waals surface area contributed by atoms with Crippen LogP contribution in [0, 0.1) is 0 Å². The molecule has 1 amide bonds. The van der Waals surface area contributed by atoms with Crippen LogP contribution in [0.25, 0.3) is 5.69 Å². The number of nitrogens with zero attached hydrogens (tertiary/aromatic N) is 1. The average molecular weight is 440 g/mol. The van der Waals surface area contributed by atoms with Gasteiger partial charge in [0.05, 0.1) is 5.69 Å². The van der Waals surface area contributed by atoms with Crippen LogP contribution in [-0.2, 0) is 5.41 Å². The van der Waals surface area contributed by atoms with E-state index in [1.165, 1.54) is 17.7 Å². The zero-order valence-corrected chi connectivity index (χ0v) is 16.5. The first-order chi connectivity index (χ1) is 13.5. The number of nitrogens with one attached hydrogen (secondary N) is 2. The van der Waals surface area contributed by atoms with E-state index in [-0.39, 0.29) is 22.4 Å². The Morgan fingerprint density at radius 2 is 1.86 bits per heavy atom. The largest absolute Gasteiger partial charge is 0.351 e. The molecule has 28 heavy (non-hydrogen) atoms. The Kier molecular flexibility index (Phi) is 4.77. The molecule has 0 unspecified atom stereocenters. The van der Waals surface area contributed by atoms with E-state index >= 15 is 0 Å². The van der Waals surface area contributed by atoms with Gasteiger partial charge in [-0.05, 0) is 48.7 Å². The van der Waals surface area contributed by atoms with E-state index in [2.05, 4.69) is 38.5 Å². The van der Waals surface area contributed by atoms with E-state index in [1.807, 2.05) is 12.1 Å². The number of H-pyrrole nitrogens is 1. The van der Waals surface area contributed by atoms with Crippen molar-refractivity contribution in [2.75, 3.05) is 6.54 Å². The number of carbonyl (C=O) groups excluding carboxylic acids is 1. The minimum atomic E-state index is -0.390. The molecule has 0 radical (unpaired) electrons. The fourth-order valence-corrected chi connectivity index (χ4v) is 3.69. The summed E-state index contributed by atoms with van der Waals surface area (Å²) in [5, 5.41) is 5.47. The van der Waals surface area contributed by atoms with Crippen molar-refractivity contribution in [1.29, 1.82) is 0 Å². The summed E-state index contributed by atoms with van der Waals surface area (Å²) in [4.78, 5) is 36.2. The Morgan fingerprint density at radius 3 is 2.61 bits per heavy atom. The maximum atomic E-state index is 12.7. The fourth-order valence-electron chi connectivity index (χ4n) is 3.29. The van der Waals surface area contributed by atoms with Crippen molar-refractivity contribution < 1.29 is 4.79 Å². The second-order valence-corrected chi connectivity index (χ2v) is 7.92. The third-order valence-electron chi connectivity index (χ3n) is 5.06. The molecule has 2 aromatic carbocycles. The molecule has 3 aromatic rings. The van der Waals surface area contributed by atoms with Crippen LogP contribution in [-0.4, -0.2) is 22.2 Å². The Bertz CT molecular complexity index is 1160. The van der Waals surface area contributed by atoms with Crippen LogP contribution in [0.3, 0.4) is 0 Å². The van der Waals surface area contributed by atoms with E-state index in [0.717, 1.165) is 22.0 Å². The monoisotopic (exact) mass is 439 g/mol. The maximum Gasteiger partial charge on any atom is 0.269 e. The van der Waals surface area contributed by atoms with Crippen LogP contribution in [0.15, 0.2) is 74.7 Å². The van der Waals surface area contributed by atoms with Crippen molar-refractivity contribution in [3.05, 3.63) is 97.0 Å². The summed E-state index contributed by atoms with van der Waals surface area (Å²) in [5.74, 6) is -0.213. The highest BCUT2D eigenvalue weighted by atomic mass is 79.9. The van der Waals surface area contributed by atoms with Crippen LogP contribution < -0.4 is 16.4 Å². The van der Waals surface area contributed by atoms with E-state index < -0.39 is 0 Å². The third-order valence-corrected chi connectivity index (χ3v) is 5.56. The highest BCUT2D eigenvalue weighted by molar-refractivity contribution is 9.10. The summed E-state index contributed by atoms with van der Waals surface area (Å²) in [6.07, 6.45) is 2.06. The number of hydrogen-bond donors (Lipinski definition) is 2. The van der Waals surface area contributed by atoms with Crippen molar-refractivity contribution in [3.8, 4) is 5.69 Å². The lowest BCUT2D eigenvalue weighted by molar-refractivity contribution is 0.0949. The lowest BCUT2D eigenvalue weighted by Crippen LogP contribution is -2.32. The Labute approximate surface area is 169 Å². The molecule has 6 nitrogen and oxygen atoms in total. The molecule has 0 atom stereocenters. The van der Waals surface area contributed by atoms with Gasteiger partial charge in [-0.1, -0.05) is 34.1 Å². The first-order valence-corrected chi connectivity index (χ1v) is 9.73. The molecule has 0 spiro atoms. The highest BCUT2D eigenvalue weighted by Gasteiger charge is 2.44. The lowest BCUT2D eigenvalue weighted by atomic mass is 9.96. The van der Waals surface area contributed by atoms with Gasteiger partial charge in [0.1, 0.15) is 0 Å². The molecule has 1 fully saturated rings. The van der Waals surface area contributed by atoms with Crippen LogP contribution in [0.2, 0.25) is 0 Å². The summed E-state index contributed by atoms with van der Waals surface area (Å²) >= 11 is 3.50. The van der Waals surface area contributed by atoms with Crippen LogP contribution >= 0.6 is 15.9 Å². The van der Waals surface area contributed by atoms with Gasteiger partial charge in [0.2, 0.25) is 0 Å². The molecule has 0 bridgehead atoms. The van der Waals surface area contributed by atoms with Crippen LogP contribution in [0.1, 0.15) is 28.8 Å². The minimum absolute atomic E-state index is 0.0152. The molecule has 142 valence electrons. The number of aromatic amines is 1. The lowest BCUT2D eigenvalue weighted by Gasteiger charge is -2.17. The highest BCUT2D eigenvalue weighted by Crippen LogP contribution is 2.48. The van der Waals surface area contributed by atoms with Crippen molar-refractivity contribution >= 4 is 21.8 Å². The van der Waals surface area contributed by atoms with Gasteiger partial charge in [0, 0.05) is 34.1 Å². The topological polar surface area (TPSA) is 84.0 Å². The summed E-state index contributed by atoms with van der Waals surface area (Å²) < 4.78 is 2.15. The fraction of sp³-hybridized carbons (Fsp3) is 0.190. The summed E-state index contributed by atoms with van der Waals surface area (Å²) in [6, 6.07) is 17.2. The first kappa shape index (κ1) is 18.4. The number of hydrogen-bond acceptors (Lipinski definition) is 3. The number of rotatable bonds is 5. The zero-order valence-electron chi connectivity index (χ0n) is 14.9. The van der Waals surface area contributed by atoms with Crippen molar-refractivity contribution in [3.63, 3.8) is 0 Å². The minimum Gasteiger partial charge on any atom is -0.351 e. The first-order valence-electron chi connectivity index (χ1n) is 8.94. The van der Waals surface area contributed by atoms with Gasteiger partial charge in [0.25, 0.3) is 17.0 Å². The molecule has 1 heterocycles. The van der Waals surface area contributed by atoms with E-state index in [1.54, 1.807) is 24.3 Å². The van der Waals surface area contributed by atoms with Gasteiger partial charge >= 0.3 is 0 Å². The van der Waals surface area contributed by atoms with Gasteiger partial charge in [-0.25, -0.2) is 4.68 Å². The van der Waals surface area contributed by atoms with Crippen LogP contribution in [0.5, 0.6) is 0 Å². The SMILES string of the molecule is O=C(NCC1(c2cccc(Br)c2)CC1)c1cccc(-n2[nH]c(=O)ccc2=O)c1. The molecule has 1 aliphatic carbocycles. The number of amides is 1. The molecule has 1 saturated carbocycles. The van der Waals surface area contributed by atoms with E-state index in [9.17, 15) is 14.4 Å². The normalized spacial score (nSPS) is 14.5. The standard InChI is InChI=1S/C21H18BrN3O3/c22-16-5-2-4-15(12-16)21(9-10-21)13-23-20(28)14-3-1-6-17(11-14)25-19(27)8-7-18(26)24-25/h1-8,11-12H,9-10,13H2,(H,23,28)(H,24,26). The predicted molar refractivity (Wildman–Crippen MR) is 110 cm³/mol. The summed E-state index contributed by atoms with van der Waals surface area (Å²) in [6.45, 7) is 0.550. The van der Waals surface area contributed by atoms with Crippen molar-refractivity contribution in [2.45, 2.75) is 18.3 Å². The van der Waals surface area contributed by atoms with E-state index in [0.29, 0.717) is 17.8 Å². The van der Waals surface area contributed by atoms with Crippen molar-refractivity contribution in [1.82, 2.24) is 15.1 Å². The van der Waals surface area contributed by atoms with Gasteiger partial charge in [-0.15, -0.1) is 0 Å². The molecular formula is C21H18BrN3O3. The summed E-state index contributed by atoms with van der Waals surface area (Å²) in [5.41, 5.74) is 1.30. The number of halogens is 1. The second kappa shape index (κ2) is 7.24.